The summed E-state index contributed by atoms with van der Waals surface area (Å²) >= 11 is 1.40. The van der Waals surface area contributed by atoms with Crippen LogP contribution in [0.3, 0.4) is 0 Å². The van der Waals surface area contributed by atoms with Gasteiger partial charge in [0.1, 0.15) is 5.56 Å². The molecule has 0 bridgehead atoms. The average Bonchev–Trinajstić information content (AvgIpc) is 3.18. The number of primary sulfonamides is 1. The lowest BCUT2D eigenvalue weighted by atomic mass is 10.1. The Balaban J connectivity index is 1.66. The van der Waals surface area contributed by atoms with E-state index in [2.05, 4.69) is 10.3 Å². The van der Waals surface area contributed by atoms with E-state index in [4.69, 9.17) is 5.14 Å². The van der Waals surface area contributed by atoms with Gasteiger partial charge in [0.05, 0.1) is 11.4 Å². The number of nitrogens with zero attached hydrogens (tertiary/aromatic N) is 1. The van der Waals surface area contributed by atoms with Gasteiger partial charge in [-0.25, -0.2) is 18.4 Å². The molecule has 0 atom stereocenters. The standard InChI is InChI=1S/C18H18N4O5S2/c19-29(26,27)14-5-3-12(4-6-14)7-8-20-16(23)15-10-21-18(25)22(17(15)24)11-13-2-1-9-28-13/h1-6,9-10H,7-8,11H2,(H,20,23)(H,21,25)(H2,19,26,27). The third kappa shape index (κ3) is 5.08. The first-order valence-corrected chi connectivity index (χ1v) is 10.9. The molecule has 1 amide bonds. The predicted molar refractivity (Wildman–Crippen MR) is 109 cm³/mol. The molecule has 3 aromatic rings. The van der Waals surface area contributed by atoms with E-state index in [-0.39, 0.29) is 23.5 Å². The van der Waals surface area contributed by atoms with Gasteiger partial charge in [-0.05, 0) is 35.6 Å². The number of carbonyl (C=O) groups excluding carboxylic acids is 1. The number of nitrogens with two attached hydrogens (primary N) is 1. The summed E-state index contributed by atoms with van der Waals surface area (Å²) in [5.74, 6) is -0.604. The molecule has 4 N–H and O–H groups in total. The smallest absolute Gasteiger partial charge is 0.328 e. The van der Waals surface area contributed by atoms with E-state index in [1.165, 1.54) is 23.5 Å². The quantitative estimate of drug-likeness (QED) is 0.489. The van der Waals surface area contributed by atoms with Crippen LogP contribution < -0.4 is 21.7 Å². The number of thiophene rings is 1. The van der Waals surface area contributed by atoms with E-state index in [0.29, 0.717) is 6.42 Å². The van der Waals surface area contributed by atoms with E-state index in [1.807, 2.05) is 11.4 Å². The van der Waals surface area contributed by atoms with Crippen molar-refractivity contribution in [2.75, 3.05) is 6.54 Å². The van der Waals surface area contributed by atoms with Crippen molar-refractivity contribution in [3.8, 4) is 0 Å². The number of hydrogen-bond donors (Lipinski definition) is 3. The Morgan fingerprint density at radius 3 is 2.52 bits per heavy atom. The molecule has 3 rings (SSSR count). The lowest BCUT2D eigenvalue weighted by Crippen LogP contribution is -2.41. The van der Waals surface area contributed by atoms with Crippen LogP contribution in [0.2, 0.25) is 0 Å². The topological polar surface area (TPSA) is 144 Å². The molecule has 0 fully saturated rings. The third-order valence-corrected chi connectivity index (χ3v) is 5.94. The molecule has 2 aromatic heterocycles. The molecule has 0 saturated heterocycles. The van der Waals surface area contributed by atoms with Crippen LogP contribution in [0.25, 0.3) is 0 Å². The fraction of sp³-hybridized carbons (Fsp3) is 0.167. The zero-order valence-electron chi connectivity index (χ0n) is 15.1. The molecule has 0 radical (unpaired) electrons. The number of hydrogen-bond acceptors (Lipinski definition) is 6. The molecule has 0 aliphatic carbocycles. The van der Waals surface area contributed by atoms with Gasteiger partial charge >= 0.3 is 5.69 Å². The first-order chi connectivity index (χ1) is 13.8. The number of amides is 1. The van der Waals surface area contributed by atoms with Crippen LogP contribution in [0.5, 0.6) is 0 Å². The monoisotopic (exact) mass is 434 g/mol. The fourth-order valence-electron chi connectivity index (χ4n) is 2.64. The molecule has 9 nitrogen and oxygen atoms in total. The Bertz CT molecular complexity index is 1230. The number of carbonyl (C=O) groups is 1. The Kier molecular flexibility index (Phi) is 6.11. The molecule has 0 unspecified atom stereocenters. The molecule has 0 aliphatic heterocycles. The normalized spacial score (nSPS) is 11.3. The van der Waals surface area contributed by atoms with Crippen molar-refractivity contribution < 1.29 is 13.2 Å². The van der Waals surface area contributed by atoms with E-state index >= 15 is 0 Å². The van der Waals surface area contributed by atoms with Gasteiger partial charge in [-0.15, -0.1) is 11.3 Å². The molecule has 0 spiro atoms. The minimum Gasteiger partial charge on any atom is -0.351 e. The van der Waals surface area contributed by atoms with Gasteiger partial charge in [0.2, 0.25) is 10.0 Å². The summed E-state index contributed by atoms with van der Waals surface area (Å²) in [6, 6.07) is 9.57. The molecule has 1 aromatic carbocycles. The van der Waals surface area contributed by atoms with Gasteiger partial charge in [-0.2, -0.15) is 0 Å². The highest BCUT2D eigenvalue weighted by atomic mass is 32.2. The van der Waals surface area contributed by atoms with Crippen LogP contribution in [-0.2, 0) is 23.0 Å². The Hall–Kier alpha value is -3.02. The number of aromatic amines is 1. The van der Waals surface area contributed by atoms with Crippen molar-refractivity contribution in [2.24, 2.45) is 5.14 Å². The fourth-order valence-corrected chi connectivity index (χ4v) is 3.85. The van der Waals surface area contributed by atoms with Crippen LogP contribution in [-0.4, -0.2) is 30.4 Å². The second kappa shape index (κ2) is 8.55. The highest BCUT2D eigenvalue weighted by molar-refractivity contribution is 7.89. The van der Waals surface area contributed by atoms with E-state index in [9.17, 15) is 22.8 Å². The molecule has 2 heterocycles. The van der Waals surface area contributed by atoms with Crippen LogP contribution in [0.1, 0.15) is 20.8 Å². The average molecular weight is 434 g/mol. The molecule has 0 saturated carbocycles. The predicted octanol–water partition coefficient (Wildman–Crippen LogP) is 0.266. The lowest BCUT2D eigenvalue weighted by Gasteiger charge is -2.08. The Morgan fingerprint density at radius 1 is 1.17 bits per heavy atom. The van der Waals surface area contributed by atoms with Crippen molar-refractivity contribution in [2.45, 2.75) is 17.9 Å². The van der Waals surface area contributed by atoms with E-state index in [1.54, 1.807) is 18.2 Å². The number of benzene rings is 1. The molecule has 29 heavy (non-hydrogen) atoms. The van der Waals surface area contributed by atoms with E-state index < -0.39 is 27.2 Å². The molecule has 0 aliphatic rings. The zero-order chi connectivity index (χ0) is 21.0. The highest BCUT2D eigenvalue weighted by Crippen LogP contribution is 2.09. The second-order valence-electron chi connectivity index (χ2n) is 6.17. The first kappa shape index (κ1) is 20.7. The van der Waals surface area contributed by atoms with Gasteiger partial charge in [-0.1, -0.05) is 18.2 Å². The molecule has 152 valence electrons. The summed E-state index contributed by atoms with van der Waals surface area (Å²) < 4.78 is 23.5. The van der Waals surface area contributed by atoms with E-state index in [0.717, 1.165) is 21.2 Å². The van der Waals surface area contributed by atoms with Crippen LogP contribution >= 0.6 is 11.3 Å². The summed E-state index contributed by atoms with van der Waals surface area (Å²) in [6.45, 7) is 0.306. The minimum atomic E-state index is -3.76. The molecular weight excluding hydrogens is 416 g/mol. The Labute approximate surface area is 169 Å². The number of aromatic nitrogens is 2. The van der Waals surface area contributed by atoms with Gasteiger partial charge in [0, 0.05) is 17.6 Å². The van der Waals surface area contributed by atoms with Crippen molar-refractivity contribution >= 4 is 27.3 Å². The SMILES string of the molecule is NS(=O)(=O)c1ccc(CCNC(=O)c2c[nH]c(=O)n(Cc3cccs3)c2=O)cc1. The van der Waals surface area contributed by atoms with Crippen molar-refractivity contribution in [3.05, 3.63) is 84.8 Å². The van der Waals surface area contributed by atoms with Crippen LogP contribution in [0.4, 0.5) is 0 Å². The summed E-state index contributed by atoms with van der Waals surface area (Å²) in [4.78, 5) is 40.1. The maximum atomic E-state index is 12.5. The maximum absolute atomic E-state index is 12.5. The lowest BCUT2D eigenvalue weighted by molar-refractivity contribution is 0.0951. The Morgan fingerprint density at radius 2 is 1.90 bits per heavy atom. The number of H-pyrrole nitrogens is 1. The molecular formula is C18H18N4O5S2. The van der Waals surface area contributed by atoms with Gasteiger partial charge in [0.15, 0.2) is 0 Å². The maximum Gasteiger partial charge on any atom is 0.328 e. The van der Waals surface area contributed by atoms with Gasteiger partial charge in [-0.3, -0.25) is 14.2 Å². The van der Waals surface area contributed by atoms with Crippen LogP contribution in [0, 0.1) is 0 Å². The summed E-state index contributed by atoms with van der Waals surface area (Å²) in [7, 11) is -3.76. The molecule has 11 heteroatoms. The van der Waals surface area contributed by atoms with Gasteiger partial charge in [0.25, 0.3) is 11.5 Å². The van der Waals surface area contributed by atoms with Crippen molar-refractivity contribution in [1.29, 1.82) is 0 Å². The van der Waals surface area contributed by atoms with Crippen molar-refractivity contribution in [3.63, 3.8) is 0 Å². The summed E-state index contributed by atoms with van der Waals surface area (Å²) in [5, 5.41) is 9.51. The number of nitrogens with one attached hydrogen (secondary N) is 2. The zero-order valence-corrected chi connectivity index (χ0v) is 16.8. The van der Waals surface area contributed by atoms with Crippen LogP contribution in [0.15, 0.2) is 62.5 Å². The largest absolute Gasteiger partial charge is 0.351 e. The first-order valence-electron chi connectivity index (χ1n) is 8.50. The van der Waals surface area contributed by atoms with Gasteiger partial charge < -0.3 is 10.3 Å². The highest BCUT2D eigenvalue weighted by Gasteiger charge is 2.15. The summed E-state index contributed by atoms with van der Waals surface area (Å²) in [6.07, 6.45) is 1.52. The summed E-state index contributed by atoms with van der Waals surface area (Å²) in [5.41, 5.74) is -0.632. The number of sulfonamides is 1. The third-order valence-electron chi connectivity index (χ3n) is 4.15. The minimum absolute atomic E-state index is 0.00446. The second-order valence-corrected chi connectivity index (χ2v) is 8.77. The van der Waals surface area contributed by atoms with Crippen molar-refractivity contribution in [1.82, 2.24) is 14.9 Å². The number of rotatable bonds is 7.